The van der Waals surface area contributed by atoms with Gasteiger partial charge in [-0.25, -0.2) is 0 Å². The average molecular weight is 233 g/mol. The molecule has 2 atom stereocenters. The van der Waals surface area contributed by atoms with Crippen LogP contribution in [0.2, 0.25) is 0 Å². The molecule has 1 aromatic rings. The van der Waals surface area contributed by atoms with Crippen molar-refractivity contribution in [1.82, 2.24) is 9.88 Å². The summed E-state index contributed by atoms with van der Waals surface area (Å²) in [5.74, 6) is 0. The lowest BCUT2D eigenvalue weighted by molar-refractivity contribution is 0.162. The van der Waals surface area contributed by atoms with Gasteiger partial charge in [0.05, 0.1) is 0 Å². The predicted octanol–water partition coefficient (Wildman–Crippen LogP) is 2.09. The van der Waals surface area contributed by atoms with Crippen LogP contribution in [0.15, 0.2) is 18.5 Å². The molecule has 0 spiro atoms. The summed E-state index contributed by atoms with van der Waals surface area (Å²) in [6.07, 6.45) is 8.86. The third-order valence-electron chi connectivity index (χ3n) is 3.71. The summed E-state index contributed by atoms with van der Waals surface area (Å²) in [4.78, 5) is 6.63. The number of likely N-dealkylation sites (N-methyl/N-ethyl adjacent to an activating group) is 1. The lowest BCUT2D eigenvalue weighted by Gasteiger charge is -2.36. The highest BCUT2D eigenvalue weighted by Gasteiger charge is 2.25. The van der Waals surface area contributed by atoms with Crippen LogP contribution in [0.1, 0.15) is 36.8 Å². The molecule has 17 heavy (non-hydrogen) atoms. The maximum Gasteiger partial charge on any atom is 0.0313 e. The number of nitrogens with two attached hydrogens (primary N) is 1. The maximum atomic E-state index is 6.21. The minimum Gasteiger partial charge on any atom is -0.326 e. The Kier molecular flexibility index (Phi) is 4.13. The number of pyridine rings is 1. The van der Waals surface area contributed by atoms with E-state index < -0.39 is 0 Å². The van der Waals surface area contributed by atoms with Gasteiger partial charge in [-0.3, -0.25) is 9.88 Å². The number of hydrogen-bond acceptors (Lipinski definition) is 3. The zero-order chi connectivity index (χ0) is 12.3. The highest BCUT2D eigenvalue weighted by Crippen LogP contribution is 2.22. The highest BCUT2D eigenvalue weighted by atomic mass is 15.1. The predicted molar refractivity (Wildman–Crippen MR) is 70.7 cm³/mol. The largest absolute Gasteiger partial charge is 0.326 e. The molecule has 1 heterocycles. The van der Waals surface area contributed by atoms with Gasteiger partial charge in [0, 0.05) is 31.0 Å². The zero-order valence-corrected chi connectivity index (χ0v) is 10.9. The summed E-state index contributed by atoms with van der Waals surface area (Å²) in [5, 5.41) is 0. The fourth-order valence-corrected chi connectivity index (χ4v) is 2.80. The van der Waals surface area contributed by atoms with Gasteiger partial charge in [0.1, 0.15) is 0 Å². The smallest absolute Gasteiger partial charge is 0.0313 e. The molecule has 0 radical (unpaired) electrons. The minimum absolute atomic E-state index is 0.339. The molecule has 0 aliphatic heterocycles. The third kappa shape index (κ3) is 3.27. The lowest BCUT2D eigenvalue weighted by Crippen LogP contribution is -2.47. The van der Waals surface area contributed by atoms with Crippen LogP contribution in [0.25, 0.3) is 0 Å². The Morgan fingerprint density at radius 2 is 2.12 bits per heavy atom. The summed E-state index contributed by atoms with van der Waals surface area (Å²) in [7, 11) is 2.18. The molecule has 2 N–H and O–H groups in total. The fourth-order valence-electron chi connectivity index (χ4n) is 2.80. The van der Waals surface area contributed by atoms with Crippen LogP contribution in [0.4, 0.5) is 0 Å². The van der Waals surface area contributed by atoms with E-state index in [2.05, 4.69) is 29.9 Å². The van der Waals surface area contributed by atoms with Gasteiger partial charge < -0.3 is 5.73 Å². The Labute approximate surface area is 104 Å². The van der Waals surface area contributed by atoms with Crippen LogP contribution in [-0.4, -0.2) is 29.0 Å². The van der Waals surface area contributed by atoms with E-state index in [9.17, 15) is 0 Å². The molecule has 0 amide bonds. The molecule has 1 saturated carbocycles. The molecule has 0 aromatic carbocycles. The van der Waals surface area contributed by atoms with E-state index in [1.165, 1.54) is 36.8 Å². The fraction of sp³-hybridized carbons (Fsp3) is 0.643. The zero-order valence-electron chi connectivity index (χ0n) is 10.9. The van der Waals surface area contributed by atoms with Crippen molar-refractivity contribution >= 4 is 0 Å². The quantitative estimate of drug-likeness (QED) is 0.869. The highest BCUT2D eigenvalue weighted by molar-refractivity contribution is 5.16. The van der Waals surface area contributed by atoms with Crippen molar-refractivity contribution in [2.75, 3.05) is 7.05 Å². The summed E-state index contributed by atoms with van der Waals surface area (Å²) in [6, 6.07) is 3.08. The topological polar surface area (TPSA) is 42.2 Å². The minimum atomic E-state index is 0.339. The van der Waals surface area contributed by atoms with Gasteiger partial charge in [-0.2, -0.15) is 0 Å². The van der Waals surface area contributed by atoms with Crippen LogP contribution < -0.4 is 5.73 Å². The molecule has 2 rings (SSSR count). The van der Waals surface area contributed by atoms with Crippen LogP contribution in [0.5, 0.6) is 0 Å². The molecule has 0 saturated heterocycles. The first-order valence-corrected chi connectivity index (χ1v) is 6.53. The Morgan fingerprint density at radius 3 is 2.82 bits per heavy atom. The summed E-state index contributed by atoms with van der Waals surface area (Å²) in [6.45, 7) is 3.04. The Morgan fingerprint density at radius 1 is 1.35 bits per heavy atom. The standard InChI is InChI=1S/C14H23N3/c1-11-7-12(9-16-8-11)10-17(2)14-6-4-3-5-13(14)15/h7-9,13-14H,3-6,10,15H2,1-2H3. The number of aromatic nitrogens is 1. The van der Waals surface area contributed by atoms with Crippen molar-refractivity contribution in [2.45, 2.75) is 51.2 Å². The normalized spacial score (nSPS) is 25.2. The van der Waals surface area contributed by atoms with Crippen molar-refractivity contribution in [3.63, 3.8) is 0 Å². The van der Waals surface area contributed by atoms with Gasteiger partial charge in [0.2, 0.25) is 0 Å². The second-order valence-corrected chi connectivity index (χ2v) is 5.30. The van der Waals surface area contributed by atoms with Crippen molar-refractivity contribution in [1.29, 1.82) is 0 Å². The monoisotopic (exact) mass is 233 g/mol. The van der Waals surface area contributed by atoms with Crippen molar-refractivity contribution in [3.8, 4) is 0 Å². The van der Waals surface area contributed by atoms with Crippen LogP contribution in [0, 0.1) is 6.92 Å². The summed E-state index contributed by atoms with van der Waals surface area (Å²) >= 11 is 0. The summed E-state index contributed by atoms with van der Waals surface area (Å²) in [5.41, 5.74) is 8.71. The Balaban J connectivity index is 1.98. The maximum absolute atomic E-state index is 6.21. The van der Waals surface area contributed by atoms with Gasteiger partial charge in [-0.1, -0.05) is 18.9 Å². The van der Waals surface area contributed by atoms with E-state index in [0.29, 0.717) is 12.1 Å². The first kappa shape index (κ1) is 12.5. The molecule has 1 aromatic heterocycles. The van der Waals surface area contributed by atoms with Crippen LogP contribution in [-0.2, 0) is 6.54 Å². The van der Waals surface area contributed by atoms with Gasteiger partial charge in [-0.05, 0) is 37.9 Å². The molecule has 3 heteroatoms. The van der Waals surface area contributed by atoms with E-state index in [4.69, 9.17) is 5.73 Å². The van der Waals surface area contributed by atoms with E-state index in [1.807, 2.05) is 12.4 Å². The second kappa shape index (κ2) is 5.61. The first-order chi connectivity index (χ1) is 8.16. The van der Waals surface area contributed by atoms with Crippen molar-refractivity contribution < 1.29 is 0 Å². The van der Waals surface area contributed by atoms with E-state index >= 15 is 0 Å². The van der Waals surface area contributed by atoms with Crippen molar-refractivity contribution in [2.24, 2.45) is 5.73 Å². The van der Waals surface area contributed by atoms with Crippen LogP contribution in [0.3, 0.4) is 0 Å². The Bertz CT molecular complexity index is 364. The van der Waals surface area contributed by atoms with Crippen LogP contribution >= 0.6 is 0 Å². The third-order valence-corrected chi connectivity index (χ3v) is 3.71. The van der Waals surface area contributed by atoms with E-state index in [0.717, 1.165) is 6.54 Å². The molecule has 1 aliphatic rings. The molecule has 2 unspecified atom stereocenters. The molecular formula is C14H23N3. The SMILES string of the molecule is Cc1cncc(CN(C)C2CCCCC2N)c1. The molecule has 1 aliphatic carbocycles. The number of nitrogens with zero attached hydrogens (tertiary/aromatic N) is 2. The van der Waals surface area contributed by atoms with Gasteiger partial charge in [0.15, 0.2) is 0 Å². The number of hydrogen-bond donors (Lipinski definition) is 1. The molecular weight excluding hydrogens is 210 g/mol. The van der Waals surface area contributed by atoms with E-state index in [-0.39, 0.29) is 0 Å². The van der Waals surface area contributed by atoms with Gasteiger partial charge in [-0.15, -0.1) is 0 Å². The molecule has 0 bridgehead atoms. The van der Waals surface area contributed by atoms with Gasteiger partial charge >= 0.3 is 0 Å². The number of aryl methyl sites for hydroxylation is 1. The molecule has 94 valence electrons. The van der Waals surface area contributed by atoms with Gasteiger partial charge in [0.25, 0.3) is 0 Å². The van der Waals surface area contributed by atoms with E-state index in [1.54, 1.807) is 0 Å². The van der Waals surface area contributed by atoms with Crippen molar-refractivity contribution in [3.05, 3.63) is 29.6 Å². The number of rotatable bonds is 3. The lowest BCUT2D eigenvalue weighted by atomic mass is 9.90. The molecule has 1 fully saturated rings. The summed E-state index contributed by atoms with van der Waals surface area (Å²) < 4.78 is 0. The average Bonchev–Trinajstić information content (AvgIpc) is 2.29. The molecule has 3 nitrogen and oxygen atoms in total. The second-order valence-electron chi connectivity index (χ2n) is 5.30. The first-order valence-electron chi connectivity index (χ1n) is 6.53. The Hall–Kier alpha value is -0.930.